The lowest BCUT2D eigenvalue weighted by molar-refractivity contribution is 0.373. The molecule has 36 heavy (non-hydrogen) atoms. The van der Waals surface area contributed by atoms with Gasteiger partial charge in [-0.2, -0.15) is 0 Å². The first kappa shape index (κ1) is 83.5. The molecule has 0 aliphatic carbocycles. The van der Waals surface area contributed by atoms with Gasteiger partial charge in [-0.25, -0.2) is 0 Å². The van der Waals surface area contributed by atoms with E-state index in [0.29, 0.717) is 0 Å². The number of rotatable bonds is 5. The molecular weight excluding hydrogens is 438 g/mol. The third kappa shape index (κ3) is 332. The van der Waals surface area contributed by atoms with Gasteiger partial charge in [0.2, 0.25) is 0 Å². The Morgan fingerprint density at radius 3 is 0.778 bits per heavy atom. The van der Waals surface area contributed by atoms with E-state index in [1.54, 1.807) is 13.3 Å². The van der Waals surface area contributed by atoms with Crippen LogP contribution in [0.4, 0.5) is 0 Å². The number of unbranched alkanes of at least 4 members (excludes halogenated alkanes) is 1. The van der Waals surface area contributed by atoms with Crippen molar-refractivity contribution in [3.8, 4) is 0 Å². The molecule has 238 valence electrons. The van der Waals surface area contributed by atoms with Crippen LogP contribution in [0.5, 0.6) is 0 Å². The summed E-state index contributed by atoms with van der Waals surface area (Å²) in [6.07, 6.45) is 12.2. The Hall–Kier alpha value is -0.830. The topological polar surface area (TPSA) is 18.8 Å². The molecule has 0 aromatic heterocycles. The van der Waals surface area contributed by atoms with Gasteiger partial charge in [-0.05, 0) is 53.3 Å². The molecular formula is C33H91N3. The quantitative estimate of drug-likeness (QED) is 0.330. The largest absolute Gasteiger partial charge is 0.381 e. The molecule has 0 radical (unpaired) electrons. The highest BCUT2D eigenvalue weighted by Gasteiger charge is 1.81. The zero-order chi connectivity index (χ0) is 25.6. The zero-order valence-corrected chi connectivity index (χ0v) is 24.7. The average Bonchev–Trinajstić information content (AvgIpc) is 2.75. The molecule has 0 N–H and O–H groups in total. The fourth-order valence-electron chi connectivity index (χ4n) is 0.583. The van der Waals surface area contributed by atoms with E-state index < -0.39 is 0 Å². The van der Waals surface area contributed by atoms with Crippen molar-refractivity contribution >= 4 is 6.21 Å². The number of hydrogen-bond acceptors (Lipinski definition) is 3. The lowest BCUT2D eigenvalue weighted by atomic mass is 10.4. The minimum Gasteiger partial charge on any atom is -0.381 e. The van der Waals surface area contributed by atoms with E-state index in [1.807, 2.05) is 19.9 Å². The van der Waals surface area contributed by atoms with E-state index in [9.17, 15) is 0 Å². The SMILES string of the molecule is C.C.C.C.C.C.CC=CN(C)CC.CC=NC.CCC.CCC.CCC.CCCC.CCN(C)CC. The van der Waals surface area contributed by atoms with E-state index >= 15 is 0 Å². The highest BCUT2D eigenvalue weighted by atomic mass is 15.1. The molecule has 0 spiro atoms. The summed E-state index contributed by atoms with van der Waals surface area (Å²) in [5.74, 6) is 0. The van der Waals surface area contributed by atoms with Crippen LogP contribution >= 0.6 is 0 Å². The summed E-state index contributed by atoms with van der Waals surface area (Å²) in [4.78, 5) is 7.99. The van der Waals surface area contributed by atoms with Gasteiger partial charge in [0, 0.05) is 20.6 Å². The van der Waals surface area contributed by atoms with Gasteiger partial charge in [-0.1, -0.05) is 152 Å². The fourth-order valence-corrected chi connectivity index (χ4v) is 0.583. The van der Waals surface area contributed by atoms with E-state index in [0.717, 1.165) is 19.6 Å². The van der Waals surface area contributed by atoms with Crippen molar-refractivity contribution in [1.29, 1.82) is 0 Å². The van der Waals surface area contributed by atoms with Crippen molar-refractivity contribution in [3.05, 3.63) is 12.3 Å². The highest BCUT2D eigenvalue weighted by molar-refractivity contribution is 5.52. The number of hydrogen-bond donors (Lipinski definition) is 0. The van der Waals surface area contributed by atoms with Crippen molar-refractivity contribution in [2.45, 2.75) is 167 Å². The monoisotopic (exact) mass is 530 g/mol. The molecule has 0 atom stereocenters. The Morgan fingerprint density at radius 2 is 0.750 bits per heavy atom. The van der Waals surface area contributed by atoms with Crippen molar-refractivity contribution in [2.24, 2.45) is 4.99 Å². The van der Waals surface area contributed by atoms with Crippen LogP contribution in [0.25, 0.3) is 0 Å². The molecule has 0 aliphatic heterocycles. The first-order valence-electron chi connectivity index (χ1n) is 12.6. The third-order valence-electron chi connectivity index (χ3n) is 2.74. The Labute approximate surface area is 240 Å². The van der Waals surface area contributed by atoms with Gasteiger partial charge in [0.15, 0.2) is 0 Å². The van der Waals surface area contributed by atoms with Crippen LogP contribution in [0.15, 0.2) is 17.3 Å². The number of nitrogens with zero attached hydrogens (tertiary/aromatic N) is 3. The van der Waals surface area contributed by atoms with Crippen LogP contribution in [0, 0.1) is 0 Å². The summed E-state index contributed by atoms with van der Waals surface area (Å²) in [6, 6.07) is 0. The van der Waals surface area contributed by atoms with E-state index in [2.05, 4.69) is 111 Å². The molecule has 0 unspecified atom stereocenters. The molecule has 0 amide bonds. The second-order valence-electron chi connectivity index (χ2n) is 6.68. The van der Waals surface area contributed by atoms with Crippen molar-refractivity contribution < 1.29 is 0 Å². The zero-order valence-electron chi connectivity index (χ0n) is 24.7. The van der Waals surface area contributed by atoms with Crippen LogP contribution in [0.1, 0.15) is 167 Å². The van der Waals surface area contributed by atoms with Gasteiger partial charge in [-0.3, -0.25) is 0 Å². The Morgan fingerprint density at radius 1 is 0.528 bits per heavy atom. The normalized spacial score (nSPS) is 7.03. The first-order chi connectivity index (χ1) is 14.2. The second kappa shape index (κ2) is 128. The van der Waals surface area contributed by atoms with Crippen LogP contribution < -0.4 is 0 Å². The lowest BCUT2D eigenvalue weighted by Crippen LogP contribution is -2.15. The first-order valence-corrected chi connectivity index (χ1v) is 12.6. The van der Waals surface area contributed by atoms with E-state index in [1.165, 1.54) is 32.1 Å². The van der Waals surface area contributed by atoms with Crippen LogP contribution in [-0.2, 0) is 0 Å². The van der Waals surface area contributed by atoms with Gasteiger partial charge in [0.1, 0.15) is 0 Å². The van der Waals surface area contributed by atoms with E-state index in [-0.39, 0.29) is 44.6 Å². The maximum Gasteiger partial charge on any atom is 0.0273 e. The van der Waals surface area contributed by atoms with Crippen molar-refractivity contribution in [3.63, 3.8) is 0 Å². The van der Waals surface area contributed by atoms with Crippen LogP contribution in [0.3, 0.4) is 0 Å². The predicted octanol–water partition coefficient (Wildman–Crippen LogP) is 13.0. The summed E-state index contributed by atoms with van der Waals surface area (Å²) in [7, 11) is 5.92. The summed E-state index contributed by atoms with van der Waals surface area (Å²) in [6.45, 7) is 30.9. The molecule has 0 bridgehead atoms. The Bertz CT molecular complexity index is 212. The third-order valence-corrected chi connectivity index (χ3v) is 2.74. The smallest absolute Gasteiger partial charge is 0.0273 e. The van der Waals surface area contributed by atoms with Gasteiger partial charge in [0.05, 0.1) is 0 Å². The fraction of sp³-hybridized carbons (Fsp3) is 0.909. The maximum atomic E-state index is 3.61. The van der Waals surface area contributed by atoms with Gasteiger partial charge >= 0.3 is 0 Å². The van der Waals surface area contributed by atoms with Gasteiger partial charge in [0.25, 0.3) is 0 Å². The van der Waals surface area contributed by atoms with Gasteiger partial charge < -0.3 is 14.8 Å². The molecule has 0 fully saturated rings. The number of aliphatic imine (C=N–C) groups is 1. The lowest BCUT2D eigenvalue weighted by Gasteiger charge is -2.07. The molecule has 0 saturated carbocycles. The Kier molecular flexibility index (Phi) is 296. The van der Waals surface area contributed by atoms with Crippen molar-refractivity contribution in [1.82, 2.24) is 9.80 Å². The molecule has 0 heterocycles. The summed E-state index contributed by atoms with van der Waals surface area (Å²) in [5.41, 5.74) is 0. The molecule has 0 rings (SSSR count). The molecule has 0 aliphatic rings. The molecule has 3 heteroatoms. The average molecular weight is 530 g/mol. The Balaban J connectivity index is -0.0000000155. The summed E-state index contributed by atoms with van der Waals surface area (Å²) < 4.78 is 0. The molecule has 0 aromatic rings. The standard InChI is InChI=1S/C6H13N.C5H13N.C4H10.C3H7N.3C3H8.6CH4/c1-4-6-7(3)5-2;1-4-6(3)5-2;2*1-3-4-2;3*1-3-2;;;;;;/h4,6H,5H2,1-3H3;4-5H2,1-3H3;3-4H2,1-2H3;3H,1-2H3;3*3H2,1-2H3;6*1H4. The predicted molar refractivity (Wildman–Crippen MR) is 191 cm³/mol. The minimum absolute atomic E-state index is 0. The molecule has 0 saturated heterocycles. The van der Waals surface area contributed by atoms with E-state index in [4.69, 9.17) is 0 Å². The summed E-state index contributed by atoms with van der Waals surface area (Å²) >= 11 is 0. The molecule has 0 aromatic carbocycles. The van der Waals surface area contributed by atoms with Crippen LogP contribution in [-0.4, -0.2) is 56.8 Å². The number of allylic oxidation sites excluding steroid dienone is 1. The van der Waals surface area contributed by atoms with Crippen molar-refractivity contribution in [2.75, 3.05) is 40.8 Å². The minimum atomic E-state index is 0. The van der Waals surface area contributed by atoms with Crippen LogP contribution in [0.2, 0.25) is 0 Å². The highest BCUT2D eigenvalue weighted by Crippen LogP contribution is 1.79. The van der Waals surface area contributed by atoms with Gasteiger partial charge in [-0.15, -0.1) is 0 Å². The summed E-state index contributed by atoms with van der Waals surface area (Å²) in [5, 5.41) is 0. The maximum absolute atomic E-state index is 3.61. The second-order valence-corrected chi connectivity index (χ2v) is 6.68. The molecule has 3 nitrogen and oxygen atoms in total.